The second kappa shape index (κ2) is 6.21. The molecule has 0 heterocycles. The number of aliphatic hydroxyl groups is 1. The molecule has 0 aromatic heterocycles. The van der Waals surface area contributed by atoms with Gasteiger partial charge in [-0.1, -0.05) is 6.92 Å². The van der Waals surface area contributed by atoms with Gasteiger partial charge in [-0.3, -0.25) is 0 Å². The largest absolute Gasteiger partial charge is 0.392 e. The fraction of sp³-hybridized carbons (Fsp3) is 0.778. The normalized spacial score (nSPS) is 15.5. The summed E-state index contributed by atoms with van der Waals surface area (Å²) in [7, 11) is 0. The van der Waals surface area contributed by atoms with Gasteiger partial charge >= 0.3 is 0 Å². The summed E-state index contributed by atoms with van der Waals surface area (Å²) in [6.45, 7) is 4.47. The molecule has 0 aromatic carbocycles. The van der Waals surface area contributed by atoms with Crippen LogP contribution in [0, 0.1) is 12.3 Å². The number of nitrogens with one attached hydrogen (secondary N) is 1. The molecular weight excluding hydrogens is 138 g/mol. The van der Waals surface area contributed by atoms with E-state index in [1.807, 2.05) is 0 Å². The lowest BCUT2D eigenvalue weighted by molar-refractivity contribution is 0.186. The highest BCUT2D eigenvalue weighted by Crippen LogP contribution is 1.95. The molecule has 2 heteroatoms. The highest BCUT2D eigenvalue weighted by Gasteiger charge is 2.03. The summed E-state index contributed by atoms with van der Waals surface area (Å²) in [5, 5.41) is 12.1. The van der Waals surface area contributed by atoms with Gasteiger partial charge in [-0.2, -0.15) is 0 Å². The molecule has 1 unspecified atom stereocenters. The minimum absolute atomic E-state index is 0.290. The molecule has 2 N–H and O–H groups in total. The van der Waals surface area contributed by atoms with Crippen molar-refractivity contribution in [2.75, 3.05) is 6.54 Å². The van der Waals surface area contributed by atoms with E-state index in [0.29, 0.717) is 12.6 Å². The second-order valence-corrected chi connectivity index (χ2v) is 2.77. The van der Waals surface area contributed by atoms with Crippen molar-refractivity contribution in [1.82, 2.24) is 5.32 Å². The highest BCUT2D eigenvalue weighted by atomic mass is 16.3. The predicted octanol–water partition coefficient (Wildman–Crippen LogP) is 0.759. The van der Waals surface area contributed by atoms with Crippen molar-refractivity contribution in [1.29, 1.82) is 0 Å². The van der Waals surface area contributed by atoms with Crippen LogP contribution in [0.5, 0.6) is 0 Å². The fourth-order valence-electron chi connectivity index (χ4n) is 0.840. The number of hydrogen-bond donors (Lipinski definition) is 2. The van der Waals surface area contributed by atoms with Crippen LogP contribution in [0.15, 0.2) is 0 Å². The van der Waals surface area contributed by atoms with Crippen LogP contribution < -0.4 is 5.32 Å². The lowest BCUT2D eigenvalue weighted by Gasteiger charge is -2.14. The van der Waals surface area contributed by atoms with Crippen molar-refractivity contribution in [3.8, 4) is 12.3 Å². The zero-order valence-corrected chi connectivity index (χ0v) is 7.30. The van der Waals surface area contributed by atoms with Crippen molar-refractivity contribution < 1.29 is 5.11 Å². The molecular formula is C9H17NO. The Bertz CT molecular complexity index is 126. The predicted molar refractivity (Wildman–Crippen MR) is 47.2 cm³/mol. The van der Waals surface area contributed by atoms with Crippen LogP contribution in [0.2, 0.25) is 0 Å². The second-order valence-electron chi connectivity index (χ2n) is 2.77. The Balaban J connectivity index is 3.45. The first-order chi connectivity index (χ1) is 5.20. The number of hydrogen-bond acceptors (Lipinski definition) is 2. The fourth-order valence-corrected chi connectivity index (χ4v) is 0.840. The average Bonchev–Trinajstić information content (AvgIpc) is 1.97. The molecule has 0 radical (unpaired) electrons. The van der Waals surface area contributed by atoms with E-state index in [0.717, 1.165) is 12.8 Å². The van der Waals surface area contributed by atoms with Crippen molar-refractivity contribution in [2.24, 2.45) is 0 Å². The highest BCUT2D eigenvalue weighted by molar-refractivity contribution is 4.89. The molecule has 0 saturated carbocycles. The summed E-state index contributed by atoms with van der Waals surface area (Å²) in [5.41, 5.74) is 0. The van der Waals surface area contributed by atoms with Gasteiger partial charge in [0.2, 0.25) is 0 Å². The van der Waals surface area contributed by atoms with E-state index in [1.54, 1.807) is 6.92 Å². The van der Waals surface area contributed by atoms with E-state index in [-0.39, 0.29) is 6.10 Å². The first kappa shape index (κ1) is 10.5. The molecule has 0 spiro atoms. The van der Waals surface area contributed by atoms with Crippen LogP contribution >= 0.6 is 0 Å². The first-order valence-electron chi connectivity index (χ1n) is 4.05. The van der Waals surface area contributed by atoms with Crippen LogP contribution in [-0.2, 0) is 0 Å². The molecule has 0 amide bonds. The third-order valence-corrected chi connectivity index (χ3v) is 1.56. The van der Waals surface area contributed by atoms with Crippen LogP contribution in [0.3, 0.4) is 0 Å². The summed E-state index contributed by atoms with van der Waals surface area (Å²) in [6, 6.07) is 0.356. The Labute approximate surface area is 69.0 Å². The van der Waals surface area contributed by atoms with E-state index in [1.165, 1.54) is 0 Å². The average molecular weight is 155 g/mol. The number of aliphatic hydroxyl groups excluding tert-OH is 1. The number of terminal acetylenes is 1. The maximum absolute atomic E-state index is 8.95. The lowest BCUT2D eigenvalue weighted by atomic mass is 10.1. The van der Waals surface area contributed by atoms with Crippen molar-refractivity contribution in [3.63, 3.8) is 0 Å². The monoisotopic (exact) mass is 155 g/mol. The van der Waals surface area contributed by atoms with E-state index < -0.39 is 0 Å². The van der Waals surface area contributed by atoms with Crippen LogP contribution in [0.1, 0.15) is 26.7 Å². The van der Waals surface area contributed by atoms with E-state index in [4.69, 9.17) is 11.5 Å². The summed E-state index contributed by atoms with van der Waals surface area (Å²) < 4.78 is 0. The molecule has 0 fully saturated rings. The molecule has 0 bridgehead atoms. The Hall–Kier alpha value is -0.520. The van der Waals surface area contributed by atoms with Gasteiger partial charge in [0.15, 0.2) is 0 Å². The molecule has 2 nitrogen and oxygen atoms in total. The van der Waals surface area contributed by atoms with Gasteiger partial charge in [-0.05, 0) is 13.3 Å². The standard InChI is InChI=1S/C9H17NO/c1-4-6-9(5-2)10-7-8(3)11/h1,8-11H,5-7H2,2-3H3/t8-,9?/m1/s1. The maximum Gasteiger partial charge on any atom is 0.0636 e. The van der Waals surface area contributed by atoms with Crippen LogP contribution in [0.25, 0.3) is 0 Å². The van der Waals surface area contributed by atoms with E-state index in [9.17, 15) is 0 Å². The zero-order chi connectivity index (χ0) is 8.69. The van der Waals surface area contributed by atoms with Gasteiger partial charge in [0, 0.05) is 19.0 Å². The van der Waals surface area contributed by atoms with Gasteiger partial charge < -0.3 is 10.4 Å². The van der Waals surface area contributed by atoms with E-state index >= 15 is 0 Å². The van der Waals surface area contributed by atoms with Gasteiger partial charge in [0.25, 0.3) is 0 Å². The summed E-state index contributed by atoms with van der Waals surface area (Å²) in [4.78, 5) is 0. The Morgan fingerprint density at radius 1 is 1.64 bits per heavy atom. The van der Waals surface area contributed by atoms with Crippen molar-refractivity contribution >= 4 is 0 Å². The van der Waals surface area contributed by atoms with Crippen LogP contribution in [0.4, 0.5) is 0 Å². The maximum atomic E-state index is 8.95. The molecule has 0 aliphatic rings. The minimum Gasteiger partial charge on any atom is -0.392 e. The van der Waals surface area contributed by atoms with Gasteiger partial charge in [0.05, 0.1) is 6.10 Å². The molecule has 64 valence electrons. The van der Waals surface area contributed by atoms with Crippen molar-refractivity contribution in [2.45, 2.75) is 38.8 Å². The molecule has 0 aliphatic carbocycles. The molecule has 2 atom stereocenters. The van der Waals surface area contributed by atoms with Gasteiger partial charge in [0.1, 0.15) is 0 Å². The topological polar surface area (TPSA) is 32.3 Å². The van der Waals surface area contributed by atoms with Crippen LogP contribution in [-0.4, -0.2) is 23.8 Å². The zero-order valence-electron chi connectivity index (χ0n) is 7.30. The minimum atomic E-state index is -0.290. The quantitative estimate of drug-likeness (QED) is 0.574. The number of rotatable bonds is 5. The molecule has 0 aliphatic heterocycles. The summed E-state index contributed by atoms with van der Waals surface area (Å²) >= 11 is 0. The molecule has 0 rings (SSSR count). The van der Waals surface area contributed by atoms with E-state index in [2.05, 4.69) is 18.2 Å². The van der Waals surface area contributed by atoms with Gasteiger partial charge in [-0.15, -0.1) is 12.3 Å². The Morgan fingerprint density at radius 3 is 2.64 bits per heavy atom. The third-order valence-electron chi connectivity index (χ3n) is 1.56. The van der Waals surface area contributed by atoms with Gasteiger partial charge in [-0.25, -0.2) is 0 Å². The Kier molecular flexibility index (Phi) is 5.91. The first-order valence-corrected chi connectivity index (χ1v) is 4.05. The summed E-state index contributed by atoms with van der Waals surface area (Å²) in [5.74, 6) is 2.60. The third kappa shape index (κ3) is 5.90. The summed E-state index contributed by atoms with van der Waals surface area (Å²) in [6.07, 6.45) is 6.62. The molecule has 11 heavy (non-hydrogen) atoms. The molecule has 0 aromatic rings. The Morgan fingerprint density at radius 2 is 2.27 bits per heavy atom. The lowest BCUT2D eigenvalue weighted by Crippen LogP contribution is -2.33. The molecule has 0 saturated heterocycles. The smallest absolute Gasteiger partial charge is 0.0636 e. The SMILES string of the molecule is C#CCC(CC)NC[C@@H](C)O. The van der Waals surface area contributed by atoms with Crippen molar-refractivity contribution in [3.05, 3.63) is 0 Å².